The molecule has 1 rings (SSSR count). The van der Waals surface area contributed by atoms with E-state index < -0.39 is 11.5 Å². The molecule has 0 heterocycles. The maximum Gasteiger partial charge on any atom is 0.323 e. The van der Waals surface area contributed by atoms with E-state index >= 15 is 0 Å². The number of hydrogen-bond donors (Lipinski definition) is 2. The van der Waals surface area contributed by atoms with E-state index in [4.69, 9.17) is 4.74 Å². The summed E-state index contributed by atoms with van der Waals surface area (Å²) in [6, 6.07) is 0.398. The van der Waals surface area contributed by atoms with Crippen molar-refractivity contribution in [3.05, 3.63) is 0 Å². The van der Waals surface area contributed by atoms with Crippen LogP contribution < -0.4 is 5.32 Å². The molecule has 1 unspecified atom stereocenters. The fourth-order valence-electron chi connectivity index (χ4n) is 2.28. The summed E-state index contributed by atoms with van der Waals surface area (Å²) in [7, 11) is 0. The van der Waals surface area contributed by atoms with Gasteiger partial charge < -0.3 is 9.84 Å². The molecule has 0 aromatic rings. The molecule has 0 aliphatic heterocycles. The Kier molecular flexibility index (Phi) is 8.15. The Labute approximate surface area is 123 Å². The van der Waals surface area contributed by atoms with Crippen LogP contribution in [0.25, 0.3) is 0 Å². The van der Waals surface area contributed by atoms with Gasteiger partial charge in [-0.1, -0.05) is 39.0 Å². The average Bonchev–Trinajstić information content (AvgIpc) is 3.20. The third kappa shape index (κ3) is 7.25. The van der Waals surface area contributed by atoms with E-state index in [1.54, 1.807) is 6.92 Å². The standard InChI is InChI=1S/C16H31NO3/c1-3-4-5-6-7-8-12-20-13-11-16(2,15(18)19)17-14-9-10-14/h14,17H,3-13H2,1-2H3,(H,18,19). The first kappa shape index (κ1) is 17.4. The Hall–Kier alpha value is -0.610. The molecular weight excluding hydrogens is 254 g/mol. The summed E-state index contributed by atoms with van der Waals surface area (Å²) in [4.78, 5) is 11.3. The van der Waals surface area contributed by atoms with Gasteiger partial charge in [-0.05, 0) is 32.6 Å². The molecule has 2 N–H and O–H groups in total. The molecule has 0 aromatic heterocycles. The van der Waals surface area contributed by atoms with Gasteiger partial charge in [-0.2, -0.15) is 0 Å². The second-order valence-corrected chi connectivity index (χ2v) is 6.19. The molecule has 0 spiro atoms. The van der Waals surface area contributed by atoms with Crippen molar-refractivity contribution in [3.8, 4) is 0 Å². The third-order valence-electron chi connectivity index (χ3n) is 3.96. The molecule has 0 aromatic carbocycles. The lowest BCUT2D eigenvalue weighted by atomic mass is 9.98. The molecule has 0 bridgehead atoms. The molecule has 0 amide bonds. The summed E-state index contributed by atoms with van der Waals surface area (Å²) in [6.07, 6.45) is 10.2. The summed E-state index contributed by atoms with van der Waals surface area (Å²) < 4.78 is 5.58. The van der Waals surface area contributed by atoms with E-state index in [9.17, 15) is 9.90 Å². The van der Waals surface area contributed by atoms with E-state index in [2.05, 4.69) is 12.2 Å². The van der Waals surface area contributed by atoms with Gasteiger partial charge in [0, 0.05) is 19.3 Å². The summed E-state index contributed by atoms with van der Waals surface area (Å²) in [5, 5.41) is 12.5. The van der Waals surface area contributed by atoms with Gasteiger partial charge in [0.1, 0.15) is 5.54 Å². The zero-order valence-corrected chi connectivity index (χ0v) is 13.1. The SMILES string of the molecule is CCCCCCCCOCCC(C)(NC1CC1)C(=O)O. The Morgan fingerprint density at radius 3 is 2.45 bits per heavy atom. The summed E-state index contributed by atoms with van der Waals surface area (Å²) in [5.74, 6) is -0.771. The van der Waals surface area contributed by atoms with Crippen molar-refractivity contribution >= 4 is 5.97 Å². The zero-order chi connectivity index (χ0) is 14.8. The van der Waals surface area contributed by atoms with Crippen molar-refractivity contribution in [2.45, 2.75) is 83.2 Å². The van der Waals surface area contributed by atoms with Gasteiger partial charge in [0.2, 0.25) is 0 Å². The molecule has 118 valence electrons. The number of ether oxygens (including phenoxy) is 1. The summed E-state index contributed by atoms with van der Waals surface area (Å²) in [5.41, 5.74) is -0.831. The van der Waals surface area contributed by atoms with Crippen molar-refractivity contribution in [2.24, 2.45) is 0 Å². The van der Waals surface area contributed by atoms with Crippen LogP contribution in [0.2, 0.25) is 0 Å². The maximum absolute atomic E-state index is 11.3. The number of hydrogen-bond acceptors (Lipinski definition) is 3. The third-order valence-corrected chi connectivity index (χ3v) is 3.96. The molecule has 1 saturated carbocycles. The number of carboxylic acids is 1. The van der Waals surface area contributed by atoms with Crippen LogP contribution in [0.15, 0.2) is 0 Å². The van der Waals surface area contributed by atoms with Gasteiger partial charge in [-0.15, -0.1) is 0 Å². The van der Waals surface area contributed by atoms with Gasteiger partial charge in [0.25, 0.3) is 0 Å². The van der Waals surface area contributed by atoms with Crippen LogP contribution in [0.1, 0.15) is 71.6 Å². The van der Waals surface area contributed by atoms with Crippen LogP contribution >= 0.6 is 0 Å². The van der Waals surface area contributed by atoms with E-state index in [1.807, 2.05) is 0 Å². The predicted molar refractivity (Wildman–Crippen MR) is 81.0 cm³/mol. The molecule has 1 fully saturated rings. The average molecular weight is 285 g/mol. The van der Waals surface area contributed by atoms with Crippen molar-refractivity contribution in [2.75, 3.05) is 13.2 Å². The highest BCUT2D eigenvalue weighted by molar-refractivity contribution is 5.78. The molecule has 4 heteroatoms. The van der Waals surface area contributed by atoms with Gasteiger partial charge in [-0.3, -0.25) is 10.1 Å². The van der Waals surface area contributed by atoms with Crippen LogP contribution in [-0.2, 0) is 9.53 Å². The molecule has 4 nitrogen and oxygen atoms in total. The molecule has 1 aliphatic carbocycles. The molecule has 0 saturated heterocycles. The summed E-state index contributed by atoms with van der Waals surface area (Å²) >= 11 is 0. The minimum absolute atomic E-state index is 0.398. The molecule has 20 heavy (non-hydrogen) atoms. The van der Waals surface area contributed by atoms with Crippen molar-refractivity contribution in [1.82, 2.24) is 5.32 Å². The van der Waals surface area contributed by atoms with E-state index in [-0.39, 0.29) is 0 Å². The fraction of sp³-hybridized carbons (Fsp3) is 0.938. The first-order valence-electron chi connectivity index (χ1n) is 8.17. The molecule has 0 radical (unpaired) electrons. The van der Waals surface area contributed by atoms with Crippen LogP contribution in [-0.4, -0.2) is 35.9 Å². The Morgan fingerprint density at radius 2 is 1.85 bits per heavy atom. The highest BCUT2D eigenvalue weighted by Gasteiger charge is 2.38. The van der Waals surface area contributed by atoms with Crippen LogP contribution in [0, 0.1) is 0 Å². The zero-order valence-electron chi connectivity index (χ0n) is 13.1. The first-order chi connectivity index (χ1) is 9.58. The Morgan fingerprint density at radius 1 is 1.20 bits per heavy atom. The fourth-order valence-corrected chi connectivity index (χ4v) is 2.28. The largest absolute Gasteiger partial charge is 0.480 e. The second kappa shape index (κ2) is 9.35. The quantitative estimate of drug-likeness (QED) is 0.510. The van der Waals surface area contributed by atoms with Crippen LogP contribution in [0.3, 0.4) is 0 Å². The van der Waals surface area contributed by atoms with Crippen molar-refractivity contribution in [1.29, 1.82) is 0 Å². The normalized spacial score (nSPS) is 17.9. The monoisotopic (exact) mass is 285 g/mol. The molecule has 1 aliphatic rings. The smallest absolute Gasteiger partial charge is 0.323 e. The van der Waals surface area contributed by atoms with E-state index in [1.165, 1.54) is 32.1 Å². The second-order valence-electron chi connectivity index (χ2n) is 6.19. The molecule has 1 atom stereocenters. The molecular formula is C16H31NO3. The lowest BCUT2D eigenvalue weighted by molar-refractivity contribution is -0.145. The van der Waals surface area contributed by atoms with Gasteiger partial charge >= 0.3 is 5.97 Å². The highest BCUT2D eigenvalue weighted by Crippen LogP contribution is 2.24. The number of aliphatic carboxylic acids is 1. The van der Waals surface area contributed by atoms with Crippen LogP contribution in [0.4, 0.5) is 0 Å². The number of unbranched alkanes of at least 4 members (excludes halogenated alkanes) is 5. The first-order valence-corrected chi connectivity index (χ1v) is 8.17. The minimum atomic E-state index is -0.831. The lowest BCUT2D eigenvalue weighted by Gasteiger charge is -2.26. The number of carboxylic acid groups (broad SMARTS) is 1. The Balaban J connectivity index is 2.01. The summed E-state index contributed by atoms with van der Waals surface area (Å²) in [6.45, 7) is 5.27. The van der Waals surface area contributed by atoms with Gasteiger partial charge in [0.05, 0.1) is 0 Å². The van der Waals surface area contributed by atoms with Gasteiger partial charge in [0.15, 0.2) is 0 Å². The highest BCUT2D eigenvalue weighted by atomic mass is 16.5. The van der Waals surface area contributed by atoms with E-state index in [0.717, 1.165) is 25.9 Å². The maximum atomic E-state index is 11.3. The lowest BCUT2D eigenvalue weighted by Crippen LogP contribution is -2.51. The minimum Gasteiger partial charge on any atom is -0.480 e. The number of nitrogens with one attached hydrogen (secondary N) is 1. The van der Waals surface area contributed by atoms with Crippen molar-refractivity contribution in [3.63, 3.8) is 0 Å². The predicted octanol–water partition coefficient (Wildman–Crippen LogP) is 3.35. The number of rotatable bonds is 13. The van der Waals surface area contributed by atoms with Crippen LogP contribution in [0.5, 0.6) is 0 Å². The van der Waals surface area contributed by atoms with E-state index in [0.29, 0.717) is 19.1 Å². The Bertz CT molecular complexity index is 279. The number of carbonyl (C=O) groups is 1. The van der Waals surface area contributed by atoms with Crippen molar-refractivity contribution < 1.29 is 14.6 Å². The van der Waals surface area contributed by atoms with Gasteiger partial charge in [-0.25, -0.2) is 0 Å². The topological polar surface area (TPSA) is 58.6 Å².